The molecule has 31 heavy (non-hydrogen) atoms. The number of hydrogen-bond donors (Lipinski definition) is 2. The smallest absolute Gasteiger partial charge is 0.349 e. The molecule has 9 nitrogen and oxygen atoms in total. The number of methoxy groups -OCH3 is 1. The summed E-state index contributed by atoms with van der Waals surface area (Å²) in [5, 5.41) is 10.4. The Kier molecular flexibility index (Phi) is 5.16. The van der Waals surface area contributed by atoms with E-state index in [1.165, 1.54) is 29.7 Å². The number of aromatic hydroxyl groups is 1. The van der Waals surface area contributed by atoms with E-state index in [1.54, 1.807) is 7.11 Å². The Morgan fingerprint density at radius 3 is 2.55 bits per heavy atom. The number of rotatable bonds is 5. The second-order valence-electron chi connectivity index (χ2n) is 6.98. The molecule has 0 saturated carbocycles. The van der Waals surface area contributed by atoms with Crippen molar-refractivity contribution in [3.8, 4) is 22.8 Å². The van der Waals surface area contributed by atoms with Crippen molar-refractivity contribution in [2.24, 2.45) is 0 Å². The summed E-state index contributed by atoms with van der Waals surface area (Å²) in [6.07, 6.45) is 0.495. The minimum absolute atomic E-state index is 0.0990. The predicted octanol–water partition coefficient (Wildman–Crippen LogP) is 1.97. The van der Waals surface area contributed by atoms with Crippen LogP contribution >= 0.6 is 0 Å². The van der Waals surface area contributed by atoms with Crippen LogP contribution in [-0.4, -0.2) is 26.8 Å². The number of nitrogens with zero attached hydrogens (tertiary/aromatic N) is 2. The molecule has 0 unspecified atom stereocenters. The molecule has 0 amide bonds. The van der Waals surface area contributed by atoms with Gasteiger partial charge in [0, 0.05) is 12.6 Å². The van der Waals surface area contributed by atoms with E-state index in [0.29, 0.717) is 6.42 Å². The van der Waals surface area contributed by atoms with Crippen LogP contribution in [0.15, 0.2) is 61.3 Å². The Balaban J connectivity index is 1.81. The Morgan fingerprint density at radius 1 is 1.13 bits per heavy atom. The summed E-state index contributed by atoms with van der Waals surface area (Å²) in [7, 11) is 1.58. The highest BCUT2D eigenvalue weighted by atomic mass is 16.5. The maximum atomic E-state index is 12.5. The lowest BCUT2D eigenvalue weighted by Gasteiger charge is -2.11. The molecule has 3 heterocycles. The van der Waals surface area contributed by atoms with Gasteiger partial charge in [0.1, 0.15) is 28.5 Å². The van der Waals surface area contributed by atoms with Crippen molar-refractivity contribution < 1.29 is 14.3 Å². The van der Waals surface area contributed by atoms with Crippen LogP contribution in [0, 0.1) is 6.92 Å². The summed E-state index contributed by atoms with van der Waals surface area (Å²) < 4.78 is 11.5. The Morgan fingerprint density at radius 2 is 1.87 bits per heavy atom. The van der Waals surface area contributed by atoms with Gasteiger partial charge in [0.05, 0.1) is 18.2 Å². The van der Waals surface area contributed by atoms with Crippen LogP contribution in [-0.2, 0) is 13.0 Å². The van der Waals surface area contributed by atoms with Crippen molar-refractivity contribution in [2.45, 2.75) is 19.9 Å². The zero-order valence-corrected chi connectivity index (χ0v) is 16.8. The van der Waals surface area contributed by atoms with Crippen molar-refractivity contribution in [3.63, 3.8) is 0 Å². The number of ether oxygens (including phenoxy) is 1. The fourth-order valence-electron chi connectivity index (χ4n) is 3.37. The molecule has 0 aliphatic heterocycles. The zero-order valence-electron chi connectivity index (χ0n) is 16.8. The number of pyridine rings is 1. The van der Waals surface area contributed by atoms with Gasteiger partial charge < -0.3 is 14.3 Å². The minimum Gasteiger partial charge on any atom is -0.507 e. The second kappa shape index (κ2) is 7.94. The molecule has 3 aromatic heterocycles. The lowest BCUT2D eigenvalue weighted by molar-refractivity contribution is 0.414. The standard InChI is InChI=1S/C22H19N3O6/c1-12-11-17(26)18(21(28)31-12)16-8-7-15-19(23-16)25(22(29)24-20(15)27)10-9-13-3-5-14(30-2)6-4-13/h3-8,11,26H,9-10H2,1-2H3,(H,24,27,29). The molecule has 0 fully saturated rings. The Hall–Kier alpha value is -4.14. The number of H-pyrrole nitrogens is 1. The monoisotopic (exact) mass is 421 g/mol. The predicted molar refractivity (Wildman–Crippen MR) is 114 cm³/mol. The van der Waals surface area contributed by atoms with Crippen molar-refractivity contribution in [1.82, 2.24) is 14.5 Å². The van der Waals surface area contributed by atoms with Gasteiger partial charge in [-0.05, 0) is 43.2 Å². The van der Waals surface area contributed by atoms with Crippen molar-refractivity contribution in [2.75, 3.05) is 7.11 Å². The summed E-state index contributed by atoms with van der Waals surface area (Å²) in [6, 6.07) is 11.6. The van der Waals surface area contributed by atoms with Crippen molar-refractivity contribution in [1.29, 1.82) is 0 Å². The van der Waals surface area contributed by atoms with Crippen LogP contribution in [0.3, 0.4) is 0 Å². The van der Waals surface area contributed by atoms with Crippen LogP contribution in [0.5, 0.6) is 11.5 Å². The molecule has 0 aliphatic carbocycles. The summed E-state index contributed by atoms with van der Waals surface area (Å²) in [5.41, 5.74) is -0.930. The molecule has 0 saturated heterocycles. The van der Waals surface area contributed by atoms with Crippen LogP contribution in [0.4, 0.5) is 0 Å². The summed E-state index contributed by atoms with van der Waals surface area (Å²) in [4.78, 5) is 43.7. The van der Waals surface area contributed by atoms with E-state index in [1.807, 2.05) is 24.3 Å². The molecule has 4 rings (SSSR count). The average Bonchev–Trinajstić information content (AvgIpc) is 2.73. The summed E-state index contributed by atoms with van der Waals surface area (Å²) >= 11 is 0. The quantitative estimate of drug-likeness (QED) is 0.504. The van der Waals surface area contributed by atoms with E-state index in [4.69, 9.17) is 9.15 Å². The number of fused-ring (bicyclic) bond motifs is 1. The second-order valence-corrected chi connectivity index (χ2v) is 6.98. The Labute approximate surface area is 175 Å². The Bertz CT molecular complexity index is 1450. The molecule has 0 atom stereocenters. The van der Waals surface area contributed by atoms with Crippen molar-refractivity contribution >= 4 is 11.0 Å². The molecule has 0 bridgehead atoms. The first kappa shape index (κ1) is 20.1. The fourth-order valence-corrected chi connectivity index (χ4v) is 3.37. The number of hydrogen-bond acceptors (Lipinski definition) is 7. The topological polar surface area (TPSA) is 127 Å². The largest absolute Gasteiger partial charge is 0.507 e. The molecule has 9 heteroatoms. The molecular formula is C22H19N3O6. The van der Waals surface area contributed by atoms with E-state index in [0.717, 1.165) is 11.3 Å². The highest BCUT2D eigenvalue weighted by Gasteiger charge is 2.17. The summed E-state index contributed by atoms with van der Waals surface area (Å²) in [5.74, 6) is 0.677. The normalized spacial score (nSPS) is 11.0. The lowest BCUT2D eigenvalue weighted by atomic mass is 10.1. The van der Waals surface area contributed by atoms with Crippen molar-refractivity contribution in [3.05, 3.63) is 85.0 Å². The van der Waals surface area contributed by atoms with Gasteiger partial charge in [-0.2, -0.15) is 0 Å². The molecule has 0 aliphatic rings. The third-order valence-electron chi connectivity index (χ3n) is 4.93. The minimum atomic E-state index is -0.763. The van der Waals surface area contributed by atoms with E-state index in [9.17, 15) is 19.5 Å². The third kappa shape index (κ3) is 3.85. The molecular weight excluding hydrogens is 402 g/mol. The number of aromatic amines is 1. The van der Waals surface area contributed by atoms with Gasteiger partial charge in [0.2, 0.25) is 0 Å². The van der Waals surface area contributed by atoms with E-state index in [-0.39, 0.29) is 40.3 Å². The number of nitrogens with one attached hydrogen (secondary N) is 1. The first-order valence-corrected chi connectivity index (χ1v) is 9.48. The molecule has 2 N–H and O–H groups in total. The maximum absolute atomic E-state index is 12.5. The molecule has 4 aromatic rings. The van der Waals surface area contributed by atoms with Crippen LogP contribution < -0.4 is 21.6 Å². The van der Waals surface area contributed by atoms with E-state index < -0.39 is 16.9 Å². The van der Waals surface area contributed by atoms with Gasteiger partial charge in [-0.15, -0.1) is 0 Å². The number of aromatic nitrogens is 3. The molecule has 1 aromatic carbocycles. The van der Waals surface area contributed by atoms with Crippen LogP contribution in [0.2, 0.25) is 0 Å². The lowest BCUT2D eigenvalue weighted by Crippen LogP contribution is -2.31. The highest BCUT2D eigenvalue weighted by molar-refractivity contribution is 5.78. The van der Waals surface area contributed by atoms with E-state index in [2.05, 4.69) is 9.97 Å². The van der Waals surface area contributed by atoms with E-state index >= 15 is 0 Å². The van der Waals surface area contributed by atoms with Gasteiger partial charge in [-0.25, -0.2) is 14.6 Å². The number of aryl methyl sites for hydroxylation is 3. The number of benzene rings is 1. The molecule has 0 radical (unpaired) electrons. The fraction of sp³-hybridized carbons (Fsp3) is 0.182. The van der Waals surface area contributed by atoms with Gasteiger partial charge >= 0.3 is 11.3 Å². The van der Waals surface area contributed by atoms with Crippen LogP contribution in [0.25, 0.3) is 22.3 Å². The summed E-state index contributed by atoms with van der Waals surface area (Å²) in [6.45, 7) is 1.78. The van der Waals surface area contributed by atoms with Gasteiger partial charge in [-0.1, -0.05) is 12.1 Å². The molecule has 0 spiro atoms. The van der Waals surface area contributed by atoms with Gasteiger partial charge in [0.25, 0.3) is 5.56 Å². The van der Waals surface area contributed by atoms with Crippen LogP contribution in [0.1, 0.15) is 11.3 Å². The van der Waals surface area contributed by atoms with Gasteiger partial charge in [-0.3, -0.25) is 14.3 Å². The first-order chi connectivity index (χ1) is 14.9. The highest BCUT2D eigenvalue weighted by Crippen LogP contribution is 2.26. The SMILES string of the molecule is COc1ccc(CCn2c(=O)[nH]c(=O)c3ccc(-c4c(O)cc(C)oc4=O)nc32)cc1. The molecule has 158 valence electrons. The maximum Gasteiger partial charge on any atom is 0.349 e. The van der Waals surface area contributed by atoms with Gasteiger partial charge in [0.15, 0.2) is 0 Å². The zero-order chi connectivity index (χ0) is 22.1. The third-order valence-corrected chi connectivity index (χ3v) is 4.93. The average molecular weight is 421 g/mol. The first-order valence-electron chi connectivity index (χ1n) is 9.48.